The van der Waals surface area contributed by atoms with Crippen LogP contribution in [0.4, 0.5) is 4.79 Å². The molecule has 3 aliphatic rings. The minimum atomic E-state index is -0.345. The van der Waals surface area contributed by atoms with Gasteiger partial charge in [-0.15, -0.1) is 0 Å². The normalized spacial score (nSPS) is 23.2. The molecule has 0 N–H and O–H groups in total. The molecule has 4 heterocycles. The highest BCUT2D eigenvalue weighted by molar-refractivity contribution is 8.18. The highest BCUT2D eigenvalue weighted by atomic mass is 32.2. The van der Waals surface area contributed by atoms with Gasteiger partial charge >= 0.3 is 0 Å². The zero-order valence-corrected chi connectivity index (χ0v) is 19.2. The van der Waals surface area contributed by atoms with Crippen molar-refractivity contribution in [3.63, 3.8) is 0 Å². The van der Waals surface area contributed by atoms with Crippen LogP contribution in [0.2, 0.25) is 0 Å². The predicted molar refractivity (Wildman–Crippen MR) is 127 cm³/mol. The Kier molecular flexibility index (Phi) is 5.70. The number of hydrogen-bond donors (Lipinski definition) is 0. The Hall–Kier alpha value is -3.13. The zero-order valence-electron chi connectivity index (χ0n) is 18.4. The molecule has 1 aromatic carbocycles. The fourth-order valence-electron chi connectivity index (χ4n) is 4.97. The molecule has 2 atom stereocenters. The maximum atomic E-state index is 13.0. The number of piperidine rings is 1. The number of aromatic nitrogens is 1. The van der Waals surface area contributed by atoms with Gasteiger partial charge in [0.2, 0.25) is 5.91 Å². The molecule has 3 amide bonds. The molecular formula is C25H25N3O4S. The van der Waals surface area contributed by atoms with Crippen molar-refractivity contribution in [1.82, 2.24) is 14.4 Å². The van der Waals surface area contributed by atoms with Crippen LogP contribution < -0.4 is 5.56 Å². The Morgan fingerprint density at radius 1 is 1.06 bits per heavy atom. The summed E-state index contributed by atoms with van der Waals surface area (Å²) in [5.41, 5.74) is 2.99. The number of fused-ring (bicyclic) bond motifs is 4. The van der Waals surface area contributed by atoms with Crippen molar-refractivity contribution >= 4 is 34.9 Å². The molecular weight excluding hydrogens is 438 g/mol. The van der Waals surface area contributed by atoms with Crippen LogP contribution in [0.1, 0.15) is 35.6 Å². The summed E-state index contributed by atoms with van der Waals surface area (Å²) in [6, 6.07) is 13.1. The van der Waals surface area contributed by atoms with E-state index < -0.39 is 0 Å². The van der Waals surface area contributed by atoms with E-state index in [4.69, 9.17) is 0 Å². The van der Waals surface area contributed by atoms with Gasteiger partial charge in [0.1, 0.15) is 0 Å². The third-order valence-corrected chi connectivity index (χ3v) is 7.54. The van der Waals surface area contributed by atoms with Crippen molar-refractivity contribution in [2.75, 3.05) is 19.6 Å². The number of thioether (sulfide) groups is 1. The number of carbonyl (C=O) groups excluding carboxylic acids is 3. The van der Waals surface area contributed by atoms with Gasteiger partial charge in [-0.25, -0.2) is 0 Å². The van der Waals surface area contributed by atoms with Crippen LogP contribution in [-0.4, -0.2) is 51.1 Å². The number of benzene rings is 1. The Bertz CT molecular complexity index is 1220. The molecule has 2 saturated heterocycles. The van der Waals surface area contributed by atoms with Gasteiger partial charge in [-0.05, 0) is 48.7 Å². The maximum Gasteiger partial charge on any atom is 0.293 e. The van der Waals surface area contributed by atoms with Gasteiger partial charge in [0.15, 0.2) is 0 Å². The molecule has 0 spiro atoms. The number of amides is 3. The van der Waals surface area contributed by atoms with E-state index >= 15 is 0 Å². The molecule has 5 rings (SSSR count). The molecule has 1 aromatic heterocycles. The quantitative estimate of drug-likeness (QED) is 0.651. The van der Waals surface area contributed by atoms with Gasteiger partial charge in [0.05, 0.1) is 4.91 Å². The smallest absolute Gasteiger partial charge is 0.293 e. The van der Waals surface area contributed by atoms with Crippen molar-refractivity contribution in [3.05, 3.63) is 74.5 Å². The van der Waals surface area contributed by atoms with Crippen LogP contribution in [0, 0.1) is 12.8 Å². The number of aryl methyl sites for hydroxylation is 1. The van der Waals surface area contributed by atoms with Gasteiger partial charge in [-0.3, -0.25) is 24.1 Å². The molecule has 3 aliphatic heterocycles. The van der Waals surface area contributed by atoms with Gasteiger partial charge in [-0.2, -0.15) is 0 Å². The van der Waals surface area contributed by atoms with E-state index in [0.717, 1.165) is 35.0 Å². The van der Waals surface area contributed by atoms with E-state index in [1.807, 2.05) is 46.7 Å². The highest BCUT2D eigenvalue weighted by Crippen LogP contribution is 2.36. The summed E-state index contributed by atoms with van der Waals surface area (Å²) in [5.74, 6) is -0.0138. The number of imide groups is 1. The van der Waals surface area contributed by atoms with Crippen molar-refractivity contribution < 1.29 is 14.4 Å². The van der Waals surface area contributed by atoms with Crippen molar-refractivity contribution in [2.45, 2.75) is 32.2 Å². The largest absolute Gasteiger partial charge is 0.342 e. The molecule has 2 fully saturated rings. The molecule has 0 radical (unpaired) electrons. The lowest BCUT2D eigenvalue weighted by Gasteiger charge is -2.42. The fraction of sp³-hybridized carbons (Fsp3) is 0.360. The summed E-state index contributed by atoms with van der Waals surface area (Å²) in [5, 5.41) is -0.338. The molecule has 2 bridgehead atoms. The summed E-state index contributed by atoms with van der Waals surface area (Å²) in [6.07, 6.45) is 2.80. The van der Waals surface area contributed by atoms with E-state index in [0.29, 0.717) is 24.5 Å². The van der Waals surface area contributed by atoms with Crippen LogP contribution in [0.25, 0.3) is 6.08 Å². The lowest BCUT2D eigenvalue weighted by atomic mass is 9.83. The van der Waals surface area contributed by atoms with Crippen LogP contribution in [-0.2, 0) is 16.1 Å². The Morgan fingerprint density at radius 2 is 1.85 bits per heavy atom. The van der Waals surface area contributed by atoms with Gasteiger partial charge < -0.3 is 9.47 Å². The van der Waals surface area contributed by atoms with Gasteiger partial charge in [-0.1, -0.05) is 35.9 Å². The molecule has 170 valence electrons. The molecule has 7 nitrogen and oxygen atoms in total. The zero-order chi connectivity index (χ0) is 23.1. The minimum absolute atomic E-state index is 0.0139. The second kappa shape index (κ2) is 8.67. The number of hydrogen-bond acceptors (Lipinski definition) is 5. The van der Waals surface area contributed by atoms with Crippen LogP contribution in [0.15, 0.2) is 52.2 Å². The van der Waals surface area contributed by atoms with E-state index in [2.05, 4.69) is 0 Å². The Morgan fingerprint density at radius 3 is 2.64 bits per heavy atom. The van der Waals surface area contributed by atoms with Crippen molar-refractivity contribution in [1.29, 1.82) is 0 Å². The second-order valence-electron chi connectivity index (χ2n) is 8.99. The summed E-state index contributed by atoms with van der Waals surface area (Å²) in [6.45, 7) is 3.86. The van der Waals surface area contributed by atoms with E-state index in [1.165, 1.54) is 4.90 Å². The average molecular weight is 464 g/mol. The first-order chi connectivity index (χ1) is 15.9. The lowest BCUT2D eigenvalue weighted by Crippen LogP contribution is -2.49. The topological polar surface area (TPSA) is 79.7 Å². The van der Waals surface area contributed by atoms with Crippen LogP contribution in [0.3, 0.4) is 0 Å². The summed E-state index contributed by atoms with van der Waals surface area (Å²) >= 11 is 0.917. The third kappa shape index (κ3) is 4.27. The first-order valence-electron chi connectivity index (χ1n) is 11.2. The number of rotatable bonds is 4. The van der Waals surface area contributed by atoms with E-state index in [9.17, 15) is 19.2 Å². The van der Waals surface area contributed by atoms with Crippen LogP contribution >= 0.6 is 11.8 Å². The number of likely N-dealkylation sites (tertiary alicyclic amines) is 1. The van der Waals surface area contributed by atoms with Crippen molar-refractivity contribution in [2.24, 2.45) is 5.92 Å². The predicted octanol–water partition coefficient (Wildman–Crippen LogP) is 3.23. The lowest BCUT2D eigenvalue weighted by molar-refractivity contribution is -0.134. The third-order valence-electron chi connectivity index (χ3n) is 6.63. The summed E-state index contributed by atoms with van der Waals surface area (Å²) in [4.78, 5) is 53.7. The van der Waals surface area contributed by atoms with Gasteiger partial charge in [0.25, 0.3) is 16.7 Å². The molecule has 33 heavy (non-hydrogen) atoms. The number of pyridine rings is 1. The fourth-order valence-corrected chi connectivity index (χ4v) is 5.84. The standard InChI is InChI=1S/C25H25N3O4S/c1-16-5-7-17(8-6-16)12-21-24(31)27(25(32)33-21)10-9-22(29)26-13-18-11-19(15-26)20-3-2-4-23(30)28(20)14-18/h2-8,12,18-19H,9-11,13-15H2,1H3/b21-12+/t18-,19+/m0/s1. The number of nitrogens with zero attached hydrogens (tertiary/aromatic N) is 3. The first kappa shape index (κ1) is 21.7. The highest BCUT2D eigenvalue weighted by Gasteiger charge is 2.38. The maximum absolute atomic E-state index is 13.0. The first-order valence-corrected chi connectivity index (χ1v) is 12.0. The summed E-state index contributed by atoms with van der Waals surface area (Å²) in [7, 11) is 0. The SMILES string of the molecule is Cc1ccc(/C=C2/SC(=O)N(CCC(=O)N3C[C@@H]4C[C@H](C3)c3cccc(=O)n3C4)C2=O)cc1. The van der Waals surface area contributed by atoms with Gasteiger partial charge in [0, 0.05) is 50.3 Å². The van der Waals surface area contributed by atoms with Crippen LogP contribution in [0.5, 0.6) is 0 Å². The molecule has 0 saturated carbocycles. The molecule has 0 aliphatic carbocycles. The second-order valence-corrected chi connectivity index (χ2v) is 9.98. The van der Waals surface area contributed by atoms with E-state index in [1.54, 1.807) is 18.2 Å². The monoisotopic (exact) mass is 463 g/mol. The summed E-state index contributed by atoms with van der Waals surface area (Å²) < 4.78 is 1.83. The molecule has 0 unspecified atom stereocenters. The van der Waals surface area contributed by atoms with E-state index in [-0.39, 0.29) is 47.4 Å². The number of carbonyl (C=O) groups is 3. The Labute approximate surface area is 196 Å². The minimum Gasteiger partial charge on any atom is -0.342 e. The molecule has 8 heteroatoms. The molecule has 2 aromatic rings. The average Bonchev–Trinajstić information content (AvgIpc) is 3.06. The van der Waals surface area contributed by atoms with Crippen molar-refractivity contribution in [3.8, 4) is 0 Å². The Balaban J connectivity index is 1.22.